The van der Waals surface area contributed by atoms with Crippen molar-refractivity contribution >= 4 is 23.0 Å². The van der Waals surface area contributed by atoms with Crippen molar-refractivity contribution in [3.63, 3.8) is 0 Å². The molecule has 144 valence electrons. The number of nitrogens with one attached hydrogen (secondary N) is 1. The third-order valence-electron chi connectivity index (χ3n) is 4.34. The van der Waals surface area contributed by atoms with Gasteiger partial charge in [0, 0.05) is 44.0 Å². The zero-order valence-corrected chi connectivity index (χ0v) is 15.4. The summed E-state index contributed by atoms with van der Waals surface area (Å²) in [7, 11) is 0. The van der Waals surface area contributed by atoms with Crippen LogP contribution in [-0.2, 0) is 6.54 Å². The van der Waals surface area contributed by atoms with Crippen molar-refractivity contribution in [2.45, 2.75) is 13.2 Å². The van der Waals surface area contributed by atoms with Gasteiger partial charge in [0.05, 0.1) is 0 Å². The second-order valence-corrected chi connectivity index (χ2v) is 6.57. The molecular formula is C19H20F3N3OS. The molecule has 0 bridgehead atoms. The summed E-state index contributed by atoms with van der Waals surface area (Å²) < 4.78 is 42.4. The lowest BCUT2D eigenvalue weighted by Gasteiger charge is -2.36. The van der Waals surface area contributed by atoms with Crippen molar-refractivity contribution in [1.29, 1.82) is 0 Å². The van der Waals surface area contributed by atoms with Gasteiger partial charge in [0.25, 0.3) is 0 Å². The number of piperazine rings is 1. The topological polar surface area (TPSA) is 27.7 Å². The highest BCUT2D eigenvalue weighted by Crippen LogP contribution is 2.18. The van der Waals surface area contributed by atoms with E-state index in [0.29, 0.717) is 22.9 Å². The van der Waals surface area contributed by atoms with E-state index < -0.39 is 6.61 Å². The molecule has 0 spiro atoms. The van der Waals surface area contributed by atoms with Crippen molar-refractivity contribution in [3.8, 4) is 5.75 Å². The van der Waals surface area contributed by atoms with Gasteiger partial charge in [0.15, 0.2) is 5.11 Å². The summed E-state index contributed by atoms with van der Waals surface area (Å²) in [4.78, 5) is 4.23. The van der Waals surface area contributed by atoms with Gasteiger partial charge in [-0.05, 0) is 42.5 Å². The van der Waals surface area contributed by atoms with Crippen molar-refractivity contribution in [3.05, 3.63) is 59.9 Å². The van der Waals surface area contributed by atoms with Crippen LogP contribution in [0, 0.1) is 5.82 Å². The summed E-state index contributed by atoms with van der Waals surface area (Å²) >= 11 is 5.43. The highest BCUT2D eigenvalue weighted by Gasteiger charge is 2.20. The normalized spacial score (nSPS) is 15.0. The molecule has 4 nitrogen and oxygen atoms in total. The second kappa shape index (κ2) is 9.05. The van der Waals surface area contributed by atoms with E-state index in [1.165, 1.54) is 18.2 Å². The molecule has 1 saturated heterocycles. The van der Waals surface area contributed by atoms with Crippen LogP contribution in [0.3, 0.4) is 0 Å². The van der Waals surface area contributed by atoms with Gasteiger partial charge in [-0.15, -0.1) is 0 Å². The molecule has 1 heterocycles. The summed E-state index contributed by atoms with van der Waals surface area (Å²) in [6.07, 6.45) is 0. The fourth-order valence-corrected chi connectivity index (χ4v) is 3.20. The van der Waals surface area contributed by atoms with Crippen LogP contribution in [0.4, 0.5) is 18.9 Å². The Morgan fingerprint density at radius 3 is 2.33 bits per heavy atom. The minimum absolute atomic E-state index is 0.100. The van der Waals surface area contributed by atoms with Crippen LogP contribution in [0.25, 0.3) is 0 Å². The molecular weight excluding hydrogens is 375 g/mol. The third kappa shape index (κ3) is 5.58. The standard InChI is InChI=1S/C19H20F3N3OS/c20-17-4-2-1-3-14(17)13-24-9-11-25(12-10-24)19(27)23-15-5-7-16(8-6-15)26-18(21)22/h1-8,18H,9-13H2,(H,23,27). The molecule has 27 heavy (non-hydrogen) atoms. The van der Waals surface area contributed by atoms with Gasteiger partial charge in [0.1, 0.15) is 11.6 Å². The fourth-order valence-electron chi connectivity index (χ4n) is 2.90. The molecule has 1 aliphatic heterocycles. The van der Waals surface area contributed by atoms with Crippen molar-refractivity contribution in [2.75, 3.05) is 31.5 Å². The molecule has 1 fully saturated rings. The highest BCUT2D eigenvalue weighted by molar-refractivity contribution is 7.80. The lowest BCUT2D eigenvalue weighted by molar-refractivity contribution is -0.0498. The number of halogens is 3. The average molecular weight is 395 g/mol. The first-order chi connectivity index (χ1) is 13.0. The summed E-state index contributed by atoms with van der Waals surface area (Å²) in [5.41, 5.74) is 1.40. The molecule has 3 rings (SSSR count). The molecule has 0 atom stereocenters. The Hall–Kier alpha value is -2.32. The van der Waals surface area contributed by atoms with Crippen LogP contribution < -0.4 is 10.1 Å². The SMILES string of the molecule is Fc1ccccc1CN1CCN(C(=S)Nc2ccc(OC(F)F)cc2)CC1. The highest BCUT2D eigenvalue weighted by atomic mass is 32.1. The monoisotopic (exact) mass is 395 g/mol. The molecule has 0 unspecified atom stereocenters. The fraction of sp³-hybridized carbons (Fsp3) is 0.316. The van der Waals surface area contributed by atoms with Crippen LogP contribution in [0.15, 0.2) is 48.5 Å². The van der Waals surface area contributed by atoms with E-state index in [-0.39, 0.29) is 11.6 Å². The smallest absolute Gasteiger partial charge is 0.387 e. The Morgan fingerprint density at radius 2 is 1.70 bits per heavy atom. The van der Waals surface area contributed by atoms with Crippen molar-refractivity contribution in [2.24, 2.45) is 0 Å². The Morgan fingerprint density at radius 1 is 1.04 bits per heavy atom. The minimum Gasteiger partial charge on any atom is -0.435 e. The largest absolute Gasteiger partial charge is 0.435 e. The van der Waals surface area contributed by atoms with E-state index in [1.807, 2.05) is 11.0 Å². The van der Waals surface area contributed by atoms with E-state index in [4.69, 9.17) is 12.2 Å². The Bertz CT molecular complexity index is 765. The molecule has 8 heteroatoms. The molecule has 0 saturated carbocycles. The van der Waals surface area contributed by atoms with Crippen molar-refractivity contribution < 1.29 is 17.9 Å². The summed E-state index contributed by atoms with van der Waals surface area (Å²) in [6, 6.07) is 13.0. The van der Waals surface area contributed by atoms with E-state index in [1.54, 1.807) is 24.3 Å². The number of nitrogens with zero attached hydrogens (tertiary/aromatic N) is 2. The summed E-state index contributed by atoms with van der Waals surface area (Å²) in [5.74, 6) is -0.0837. The third-order valence-corrected chi connectivity index (χ3v) is 4.70. The number of anilines is 1. The number of benzene rings is 2. The molecule has 1 N–H and O–H groups in total. The quantitative estimate of drug-likeness (QED) is 0.775. The predicted molar refractivity (Wildman–Crippen MR) is 103 cm³/mol. The molecule has 2 aromatic rings. The van der Waals surface area contributed by atoms with Gasteiger partial charge in [-0.3, -0.25) is 4.90 Å². The number of hydrogen-bond donors (Lipinski definition) is 1. The van der Waals surface area contributed by atoms with Crippen LogP contribution >= 0.6 is 12.2 Å². The predicted octanol–water partition coefficient (Wildman–Crippen LogP) is 3.94. The van der Waals surface area contributed by atoms with Gasteiger partial charge in [-0.25, -0.2) is 4.39 Å². The lowest BCUT2D eigenvalue weighted by Crippen LogP contribution is -2.49. The molecule has 0 radical (unpaired) electrons. The van der Waals surface area contributed by atoms with Gasteiger partial charge < -0.3 is 15.0 Å². The summed E-state index contributed by atoms with van der Waals surface area (Å²) in [5, 5.41) is 3.67. The maximum atomic E-state index is 13.8. The molecule has 2 aromatic carbocycles. The molecule has 0 aliphatic carbocycles. The van der Waals surface area contributed by atoms with E-state index in [0.717, 1.165) is 26.2 Å². The minimum atomic E-state index is -2.84. The zero-order chi connectivity index (χ0) is 19.2. The first-order valence-electron chi connectivity index (χ1n) is 8.58. The molecule has 0 aromatic heterocycles. The Labute approximate surface area is 161 Å². The van der Waals surface area contributed by atoms with Crippen molar-refractivity contribution in [1.82, 2.24) is 9.80 Å². The number of alkyl halides is 2. The number of ether oxygens (including phenoxy) is 1. The second-order valence-electron chi connectivity index (χ2n) is 6.19. The van der Waals surface area contributed by atoms with E-state index >= 15 is 0 Å². The van der Waals surface area contributed by atoms with E-state index in [9.17, 15) is 13.2 Å². The molecule has 0 amide bonds. The zero-order valence-electron chi connectivity index (χ0n) is 14.6. The van der Waals surface area contributed by atoms with Gasteiger partial charge in [-0.1, -0.05) is 18.2 Å². The van der Waals surface area contributed by atoms with Crippen LogP contribution in [0.2, 0.25) is 0 Å². The Balaban J connectivity index is 1.47. The van der Waals surface area contributed by atoms with E-state index in [2.05, 4.69) is 15.0 Å². The maximum absolute atomic E-state index is 13.8. The maximum Gasteiger partial charge on any atom is 0.387 e. The molecule has 1 aliphatic rings. The summed E-state index contributed by atoms with van der Waals surface area (Å²) in [6.45, 7) is 0.742. The van der Waals surface area contributed by atoms with Gasteiger partial charge >= 0.3 is 6.61 Å². The number of thiocarbonyl (C=S) groups is 1. The van der Waals surface area contributed by atoms with Crippen LogP contribution in [-0.4, -0.2) is 47.7 Å². The lowest BCUT2D eigenvalue weighted by atomic mass is 10.2. The van der Waals surface area contributed by atoms with Crippen LogP contribution in [0.5, 0.6) is 5.75 Å². The van der Waals surface area contributed by atoms with Crippen LogP contribution in [0.1, 0.15) is 5.56 Å². The Kier molecular flexibility index (Phi) is 6.52. The van der Waals surface area contributed by atoms with Gasteiger partial charge in [0.2, 0.25) is 0 Å². The number of rotatable bonds is 5. The number of hydrogen-bond acceptors (Lipinski definition) is 3. The first-order valence-corrected chi connectivity index (χ1v) is 8.98. The average Bonchev–Trinajstić information content (AvgIpc) is 2.65. The first kappa shape index (κ1) is 19.4. The van der Waals surface area contributed by atoms with Gasteiger partial charge in [-0.2, -0.15) is 8.78 Å².